The van der Waals surface area contributed by atoms with E-state index in [0.29, 0.717) is 24.5 Å². The molecule has 32 heavy (non-hydrogen) atoms. The Morgan fingerprint density at radius 3 is 2.38 bits per heavy atom. The smallest absolute Gasteiger partial charge is 0.387 e. The highest BCUT2D eigenvalue weighted by Gasteiger charge is 2.34. The van der Waals surface area contributed by atoms with E-state index in [1.807, 2.05) is 42.5 Å². The highest BCUT2D eigenvalue weighted by Crippen LogP contribution is 2.41. The van der Waals surface area contributed by atoms with Gasteiger partial charge in [-0.05, 0) is 53.4 Å². The van der Waals surface area contributed by atoms with E-state index in [9.17, 15) is 13.6 Å². The topological polar surface area (TPSA) is 48.0 Å². The van der Waals surface area contributed by atoms with Gasteiger partial charge in [0.05, 0.1) is 20.3 Å². The molecular formula is C25H23F2NO4. The SMILES string of the molecule is COc1cc2c(cc1OC)C(c1ccccc1)N(C(=O)c1cccc(OC(F)F)c1)CC2. The van der Waals surface area contributed by atoms with Crippen molar-refractivity contribution in [2.75, 3.05) is 20.8 Å². The maximum absolute atomic E-state index is 13.5. The molecule has 0 fully saturated rings. The summed E-state index contributed by atoms with van der Waals surface area (Å²) in [6, 6.07) is 19.1. The predicted octanol–water partition coefficient (Wildman–Crippen LogP) is 5.09. The summed E-state index contributed by atoms with van der Waals surface area (Å²) in [5.41, 5.74) is 3.23. The lowest BCUT2D eigenvalue weighted by atomic mass is 9.87. The maximum Gasteiger partial charge on any atom is 0.387 e. The van der Waals surface area contributed by atoms with Crippen LogP contribution in [0.4, 0.5) is 8.78 Å². The molecule has 0 aliphatic carbocycles. The number of nitrogens with zero attached hydrogens (tertiary/aromatic N) is 1. The van der Waals surface area contributed by atoms with Crippen LogP contribution in [0.25, 0.3) is 0 Å². The molecule has 4 rings (SSSR count). The molecule has 1 aliphatic heterocycles. The zero-order valence-corrected chi connectivity index (χ0v) is 17.8. The fraction of sp³-hybridized carbons (Fsp3) is 0.240. The van der Waals surface area contributed by atoms with Crippen LogP contribution in [0.15, 0.2) is 66.7 Å². The summed E-state index contributed by atoms with van der Waals surface area (Å²) in [7, 11) is 3.16. The molecule has 7 heteroatoms. The number of carbonyl (C=O) groups is 1. The number of rotatable bonds is 6. The molecule has 166 valence electrons. The second-order valence-corrected chi connectivity index (χ2v) is 7.37. The van der Waals surface area contributed by atoms with Gasteiger partial charge >= 0.3 is 6.61 Å². The van der Waals surface area contributed by atoms with Crippen LogP contribution in [0.5, 0.6) is 17.2 Å². The molecule has 0 saturated carbocycles. The molecule has 5 nitrogen and oxygen atoms in total. The lowest BCUT2D eigenvalue weighted by molar-refractivity contribution is -0.0499. The standard InChI is InChI=1S/C25H23F2NO4/c1-30-21-14-17-11-12-28(24(29)18-9-6-10-19(13-18)32-25(26)27)23(16-7-4-3-5-8-16)20(17)15-22(21)31-2/h3-10,13-15,23,25H,11-12H2,1-2H3. The lowest BCUT2D eigenvalue weighted by Crippen LogP contribution is -2.40. The third-order valence-corrected chi connectivity index (χ3v) is 5.56. The van der Waals surface area contributed by atoms with Crippen LogP contribution in [-0.4, -0.2) is 38.2 Å². The Kier molecular flexibility index (Phi) is 6.25. The molecule has 1 heterocycles. The summed E-state index contributed by atoms with van der Waals surface area (Å²) in [6.07, 6.45) is 0.623. The van der Waals surface area contributed by atoms with Gasteiger partial charge in [0.1, 0.15) is 5.75 Å². The van der Waals surface area contributed by atoms with Crippen LogP contribution in [0.2, 0.25) is 0 Å². The first-order valence-electron chi connectivity index (χ1n) is 10.2. The molecule has 1 unspecified atom stereocenters. The number of amides is 1. The number of carbonyl (C=O) groups excluding carboxylic acids is 1. The molecule has 3 aromatic rings. The molecule has 0 spiro atoms. The van der Waals surface area contributed by atoms with E-state index < -0.39 is 6.61 Å². The minimum absolute atomic E-state index is 0.0501. The first kappa shape index (κ1) is 21.6. The van der Waals surface area contributed by atoms with Gasteiger partial charge in [0.15, 0.2) is 11.5 Å². The Morgan fingerprint density at radius 1 is 0.969 bits per heavy atom. The Labute approximate surface area is 185 Å². The van der Waals surface area contributed by atoms with Crippen molar-refractivity contribution in [1.82, 2.24) is 4.90 Å². The zero-order chi connectivity index (χ0) is 22.7. The fourth-order valence-corrected chi connectivity index (χ4v) is 4.13. The molecule has 1 aliphatic rings. The summed E-state index contributed by atoms with van der Waals surface area (Å²) in [5.74, 6) is 0.897. The van der Waals surface area contributed by atoms with Gasteiger partial charge in [-0.2, -0.15) is 8.78 Å². The fourth-order valence-electron chi connectivity index (χ4n) is 4.13. The average Bonchev–Trinajstić information content (AvgIpc) is 2.82. The van der Waals surface area contributed by atoms with Gasteiger partial charge in [-0.25, -0.2) is 0 Å². The number of hydrogen-bond acceptors (Lipinski definition) is 4. The number of methoxy groups -OCH3 is 2. The van der Waals surface area contributed by atoms with Gasteiger partial charge in [-0.1, -0.05) is 36.4 Å². The minimum Gasteiger partial charge on any atom is -0.493 e. The Bertz CT molecular complexity index is 1100. The van der Waals surface area contributed by atoms with Crippen LogP contribution in [-0.2, 0) is 6.42 Å². The molecular weight excluding hydrogens is 416 g/mol. The Morgan fingerprint density at radius 2 is 1.69 bits per heavy atom. The van der Waals surface area contributed by atoms with E-state index in [1.54, 1.807) is 25.2 Å². The number of fused-ring (bicyclic) bond motifs is 1. The number of halogens is 2. The normalized spacial score (nSPS) is 15.3. The van der Waals surface area contributed by atoms with E-state index >= 15 is 0 Å². The van der Waals surface area contributed by atoms with E-state index in [2.05, 4.69) is 4.74 Å². The van der Waals surface area contributed by atoms with E-state index in [4.69, 9.17) is 9.47 Å². The van der Waals surface area contributed by atoms with E-state index in [0.717, 1.165) is 16.7 Å². The van der Waals surface area contributed by atoms with Crippen molar-refractivity contribution in [2.24, 2.45) is 0 Å². The second kappa shape index (κ2) is 9.26. The molecule has 0 aromatic heterocycles. The Hall–Kier alpha value is -3.61. The summed E-state index contributed by atoms with van der Waals surface area (Å²) in [6.45, 7) is -2.50. The van der Waals surface area contributed by atoms with Gasteiger partial charge in [0.25, 0.3) is 5.91 Å². The van der Waals surface area contributed by atoms with E-state index in [-0.39, 0.29) is 23.3 Å². The van der Waals surface area contributed by atoms with Crippen molar-refractivity contribution in [1.29, 1.82) is 0 Å². The molecule has 0 bridgehead atoms. The minimum atomic E-state index is -2.96. The van der Waals surface area contributed by atoms with Crippen molar-refractivity contribution >= 4 is 5.91 Å². The van der Waals surface area contributed by atoms with Gasteiger partial charge in [-0.15, -0.1) is 0 Å². The van der Waals surface area contributed by atoms with Gasteiger partial charge < -0.3 is 19.1 Å². The summed E-state index contributed by atoms with van der Waals surface area (Å²) in [5, 5.41) is 0. The highest BCUT2D eigenvalue weighted by molar-refractivity contribution is 5.95. The van der Waals surface area contributed by atoms with E-state index in [1.165, 1.54) is 18.2 Å². The molecule has 0 N–H and O–H groups in total. The highest BCUT2D eigenvalue weighted by atomic mass is 19.3. The maximum atomic E-state index is 13.5. The number of hydrogen-bond donors (Lipinski definition) is 0. The van der Waals surface area contributed by atoms with Gasteiger partial charge in [0.2, 0.25) is 0 Å². The quantitative estimate of drug-likeness (QED) is 0.537. The van der Waals surface area contributed by atoms with Crippen LogP contribution < -0.4 is 14.2 Å². The summed E-state index contributed by atoms with van der Waals surface area (Å²) >= 11 is 0. The first-order chi connectivity index (χ1) is 15.5. The average molecular weight is 439 g/mol. The predicted molar refractivity (Wildman–Crippen MR) is 116 cm³/mol. The monoisotopic (exact) mass is 439 g/mol. The van der Waals surface area contributed by atoms with Crippen molar-refractivity contribution in [2.45, 2.75) is 19.1 Å². The van der Waals surface area contributed by atoms with Gasteiger partial charge in [-0.3, -0.25) is 4.79 Å². The first-order valence-corrected chi connectivity index (χ1v) is 10.2. The number of benzene rings is 3. The third-order valence-electron chi connectivity index (χ3n) is 5.56. The van der Waals surface area contributed by atoms with Crippen LogP contribution >= 0.6 is 0 Å². The van der Waals surface area contributed by atoms with Crippen LogP contribution in [0.3, 0.4) is 0 Å². The molecule has 1 amide bonds. The molecule has 0 radical (unpaired) electrons. The second-order valence-electron chi connectivity index (χ2n) is 7.37. The van der Waals surface area contributed by atoms with Crippen molar-refractivity contribution in [3.05, 3.63) is 89.0 Å². The molecule has 0 saturated heterocycles. The van der Waals surface area contributed by atoms with Crippen molar-refractivity contribution in [3.8, 4) is 17.2 Å². The number of ether oxygens (including phenoxy) is 3. The van der Waals surface area contributed by atoms with Crippen LogP contribution in [0.1, 0.15) is 33.1 Å². The van der Waals surface area contributed by atoms with Gasteiger partial charge in [0, 0.05) is 12.1 Å². The molecule has 1 atom stereocenters. The van der Waals surface area contributed by atoms with Crippen molar-refractivity contribution in [3.63, 3.8) is 0 Å². The lowest BCUT2D eigenvalue weighted by Gasteiger charge is -2.38. The van der Waals surface area contributed by atoms with Crippen LogP contribution in [0, 0.1) is 0 Å². The summed E-state index contributed by atoms with van der Waals surface area (Å²) in [4.78, 5) is 15.3. The third kappa shape index (κ3) is 4.23. The number of alkyl halides is 2. The zero-order valence-electron chi connectivity index (χ0n) is 17.8. The summed E-state index contributed by atoms with van der Waals surface area (Å²) < 4.78 is 40.7. The molecule has 3 aromatic carbocycles. The van der Waals surface area contributed by atoms with Crippen molar-refractivity contribution < 1.29 is 27.8 Å². The Balaban J connectivity index is 1.78. The largest absolute Gasteiger partial charge is 0.493 e.